The lowest BCUT2D eigenvalue weighted by molar-refractivity contribution is 0.0597. The standard InChI is InChI=1S/C16H16BrNO5S/c1-10-4-6-11(7-5-10)24(20,21)18-14-9-15(22-2)12(8-13(14)17)16(19)23-3/h4-9,18H,1-3H3. The van der Waals surface area contributed by atoms with Gasteiger partial charge in [-0.3, -0.25) is 4.72 Å². The maximum absolute atomic E-state index is 12.5. The van der Waals surface area contributed by atoms with Crippen LogP contribution in [0.5, 0.6) is 5.75 Å². The van der Waals surface area contributed by atoms with Crippen molar-refractivity contribution < 1.29 is 22.7 Å². The summed E-state index contributed by atoms with van der Waals surface area (Å²) in [7, 11) is -1.13. The van der Waals surface area contributed by atoms with Crippen molar-refractivity contribution in [2.45, 2.75) is 11.8 Å². The smallest absolute Gasteiger partial charge is 0.341 e. The maximum Gasteiger partial charge on any atom is 0.341 e. The SMILES string of the molecule is COC(=O)c1cc(Br)c(NS(=O)(=O)c2ccc(C)cc2)cc1OC. The molecule has 0 atom stereocenters. The van der Waals surface area contributed by atoms with E-state index in [0.29, 0.717) is 4.47 Å². The van der Waals surface area contributed by atoms with Gasteiger partial charge < -0.3 is 9.47 Å². The molecule has 6 nitrogen and oxygen atoms in total. The van der Waals surface area contributed by atoms with E-state index in [9.17, 15) is 13.2 Å². The van der Waals surface area contributed by atoms with E-state index in [2.05, 4.69) is 25.4 Å². The molecule has 0 saturated heterocycles. The number of ether oxygens (including phenoxy) is 2. The molecule has 0 aliphatic rings. The molecule has 2 rings (SSSR count). The number of methoxy groups -OCH3 is 2. The molecule has 0 amide bonds. The minimum absolute atomic E-state index is 0.135. The quantitative estimate of drug-likeness (QED) is 0.759. The van der Waals surface area contributed by atoms with Crippen LogP contribution in [0.4, 0.5) is 5.69 Å². The van der Waals surface area contributed by atoms with Gasteiger partial charge in [0.2, 0.25) is 0 Å². The fraction of sp³-hybridized carbons (Fsp3) is 0.188. The molecule has 0 heterocycles. The van der Waals surface area contributed by atoms with Crippen LogP contribution < -0.4 is 9.46 Å². The van der Waals surface area contributed by atoms with Crippen LogP contribution in [-0.2, 0) is 14.8 Å². The van der Waals surface area contributed by atoms with E-state index in [1.54, 1.807) is 12.1 Å². The number of carbonyl (C=O) groups is 1. The molecular formula is C16H16BrNO5S. The summed E-state index contributed by atoms with van der Waals surface area (Å²) in [5, 5.41) is 0. The molecule has 0 bridgehead atoms. The summed E-state index contributed by atoms with van der Waals surface area (Å²) in [5.74, 6) is -0.382. The fourth-order valence-corrected chi connectivity index (χ4v) is 3.64. The molecule has 0 radical (unpaired) electrons. The summed E-state index contributed by atoms with van der Waals surface area (Å²) in [6.45, 7) is 1.87. The Morgan fingerprint density at radius 1 is 1.12 bits per heavy atom. The molecule has 0 saturated carbocycles. The number of halogens is 1. The molecule has 2 aromatic rings. The van der Waals surface area contributed by atoms with Gasteiger partial charge in [-0.05, 0) is 41.1 Å². The van der Waals surface area contributed by atoms with Crippen LogP contribution in [0.25, 0.3) is 0 Å². The van der Waals surface area contributed by atoms with E-state index >= 15 is 0 Å². The molecule has 24 heavy (non-hydrogen) atoms. The summed E-state index contributed by atoms with van der Waals surface area (Å²) in [5.41, 5.74) is 1.39. The number of carbonyl (C=O) groups excluding carboxylic acids is 1. The number of rotatable bonds is 5. The summed E-state index contributed by atoms with van der Waals surface area (Å²) in [4.78, 5) is 11.9. The van der Waals surface area contributed by atoms with Gasteiger partial charge >= 0.3 is 5.97 Å². The number of esters is 1. The van der Waals surface area contributed by atoms with Crippen molar-refractivity contribution in [1.82, 2.24) is 0 Å². The Bertz CT molecular complexity index is 863. The fourth-order valence-electron chi connectivity index (χ4n) is 1.99. The molecule has 0 unspecified atom stereocenters. The van der Waals surface area contributed by atoms with E-state index in [4.69, 9.17) is 4.74 Å². The van der Waals surface area contributed by atoms with Crippen LogP contribution in [0.2, 0.25) is 0 Å². The Morgan fingerprint density at radius 2 is 1.75 bits per heavy atom. The van der Waals surface area contributed by atoms with Crippen molar-refractivity contribution in [1.29, 1.82) is 0 Å². The molecule has 2 aromatic carbocycles. The number of hydrogen-bond acceptors (Lipinski definition) is 5. The minimum Gasteiger partial charge on any atom is -0.496 e. The van der Waals surface area contributed by atoms with Crippen LogP contribution in [-0.4, -0.2) is 28.6 Å². The van der Waals surface area contributed by atoms with Crippen molar-refractivity contribution in [3.05, 3.63) is 52.0 Å². The summed E-state index contributed by atoms with van der Waals surface area (Å²) in [6, 6.07) is 9.33. The Kier molecular flexibility index (Phi) is 5.51. The highest BCUT2D eigenvalue weighted by molar-refractivity contribution is 9.10. The zero-order chi connectivity index (χ0) is 17.9. The first-order valence-corrected chi connectivity index (χ1v) is 9.11. The van der Waals surface area contributed by atoms with E-state index in [-0.39, 0.29) is 21.9 Å². The largest absolute Gasteiger partial charge is 0.496 e. The Labute approximate surface area is 149 Å². The Balaban J connectivity index is 2.42. The Hall–Kier alpha value is -2.06. The molecule has 128 valence electrons. The average molecular weight is 414 g/mol. The third-order valence-corrected chi connectivity index (χ3v) is 5.31. The van der Waals surface area contributed by atoms with Crippen LogP contribution in [0.1, 0.15) is 15.9 Å². The third-order valence-electron chi connectivity index (χ3n) is 3.27. The van der Waals surface area contributed by atoms with Gasteiger partial charge in [-0.2, -0.15) is 0 Å². The average Bonchev–Trinajstić information content (AvgIpc) is 2.55. The number of nitrogens with one attached hydrogen (secondary N) is 1. The number of aryl methyl sites for hydroxylation is 1. The van der Waals surface area contributed by atoms with Crippen molar-refractivity contribution in [3.63, 3.8) is 0 Å². The van der Waals surface area contributed by atoms with Gasteiger partial charge in [0.05, 0.1) is 24.8 Å². The number of benzene rings is 2. The molecule has 0 aliphatic carbocycles. The summed E-state index contributed by atoms with van der Waals surface area (Å²) in [6.07, 6.45) is 0. The highest BCUT2D eigenvalue weighted by Crippen LogP contribution is 2.33. The van der Waals surface area contributed by atoms with Crippen molar-refractivity contribution >= 4 is 37.6 Å². The maximum atomic E-state index is 12.5. The number of sulfonamides is 1. The molecule has 1 N–H and O–H groups in total. The van der Waals surface area contributed by atoms with Gasteiger partial charge in [-0.25, -0.2) is 13.2 Å². The van der Waals surface area contributed by atoms with Crippen molar-refractivity contribution in [2.75, 3.05) is 18.9 Å². The zero-order valence-corrected chi connectivity index (χ0v) is 15.7. The second-order valence-corrected chi connectivity index (χ2v) is 7.48. The third kappa shape index (κ3) is 3.88. The lowest BCUT2D eigenvalue weighted by atomic mass is 10.2. The van der Waals surface area contributed by atoms with Gasteiger partial charge in [-0.15, -0.1) is 0 Å². The van der Waals surface area contributed by atoms with Gasteiger partial charge in [0.25, 0.3) is 10.0 Å². The van der Waals surface area contributed by atoms with Crippen molar-refractivity contribution in [2.24, 2.45) is 0 Å². The van der Waals surface area contributed by atoms with Crippen LogP contribution in [0.3, 0.4) is 0 Å². The van der Waals surface area contributed by atoms with E-state index in [1.165, 1.54) is 38.5 Å². The predicted molar refractivity (Wildman–Crippen MR) is 94.0 cm³/mol. The highest BCUT2D eigenvalue weighted by Gasteiger charge is 2.20. The molecule has 0 spiro atoms. The van der Waals surface area contributed by atoms with Gasteiger partial charge in [0.1, 0.15) is 11.3 Å². The molecule has 8 heteroatoms. The molecule has 0 aliphatic heterocycles. The zero-order valence-electron chi connectivity index (χ0n) is 13.3. The van der Waals surface area contributed by atoms with Crippen LogP contribution in [0, 0.1) is 6.92 Å². The lowest BCUT2D eigenvalue weighted by Gasteiger charge is -2.14. The lowest BCUT2D eigenvalue weighted by Crippen LogP contribution is -2.14. The predicted octanol–water partition coefficient (Wildman–Crippen LogP) is 3.35. The first-order valence-electron chi connectivity index (χ1n) is 6.84. The first kappa shape index (κ1) is 18.3. The molecular weight excluding hydrogens is 398 g/mol. The second-order valence-electron chi connectivity index (χ2n) is 4.94. The minimum atomic E-state index is -3.77. The number of hydrogen-bond donors (Lipinski definition) is 1. The monoisotopic (exact) mass is 413 g/mol. The summed E-state index contributed by atoms with van der Waals surface area (Å²) >= 11 is 3.25. The van der Waals surface area contributed by atoms with E-state index in [0.717, 1.165) is 5.56 Å². The summed E-state index contributed by atoms with van der Waals surface area (Å²) < 4.78 is 37.6. The van der Waals surface area contributed by atoms with Crippen molar-refractivity contribution in [3.8, 4) is 5.75 Å². The normalized spacial score (nSPS) is 11.0. The van der Waals surface area contributed by atoms with Crippen LogP contribution in [0.15, 0.2) is 45.8 Å². The molecule has 0 fully saturated rings. The van der Waals surface area contributed by atoms with Gasteiger partial charge in [-0.1, -0.05) is 17.7 Å². The van der Waals surface area contributed by atoms with E-state index < -0.39 is 16.0 Å². The first-order chi connectivity index (χ1) is 11.3. The van der Waals surface area contributed by atoms with Gasteiger partial charge in [0.15, 0.2) is 0 Å². The van der Waals surface area contributed by atoms with Crippen LogP contribution >= 0.6 is 15.9 Å². The second kappa shape index (κ2) is 7.23. The Morgan fingerprint density at radius 3 is 2.29 bits per heavy atom. The molecule has 0 aromatic heterocycles. The topological polar surface area (TPSA) is 81.7 Å². The highest BCUT2D eigenvalue weighted by atomic mass is 79.9. The van der Waals surface area contributed by atoms with E-state index in [1.807, 2.05) is 6.92 Å². The van der Waals surface area contributed by atoms with Gasteiger partial charge in [0, 0.05) is 10.5 Å². The number of anilines is 1.